The number of aromatic carboxylic acids is 1. The van der Waals surface area contributed by atoms with Crippen LogP contribution in [0.5, 0.6) is 0 Å². The maximum atomic E-state index is 11.3. The number of fused-ring (bicyclic) bond motifs is 1. The van der Waals surface area contributed by atoms with Gasteiger partial charge in [0.05, 0.1) is 5.56 Å². The molecule has 0 saturated carbocycles. The minimum Gasteiger partial charge on any atom is -0.478 e. The standard InChI is InChI=1S/C16H13BrO2S2/c17-11-5-6-13(16(18)19)15(8-11)20-9-12-7-10-3-1-2-4-14(10)21-12/h1-6,8,12H,7,9H2,(H,18,19). The van der Waals surface area contributed by atoms with Crippen LogP contribution < -0.4 is 0 Å². The van der Waals surface area contributed by atoms with E-state index < -0.39 is 5.97 Å². The molecule has 1 unspecified atom stereocenters. The third kappa shape index (κ3) is 3.47. The van der Waals surface area contributed by atoms with Gasteiger partial charge in [0.1, 0.15) is 0 Å². The smallest absolute Gasteiger partial charge is 0.336 e. The molecule has 1 atom stereocenters. The monoisotopic (exact) mass is 380 g/mol. The van der Waals surface area contributed by atoms with Gasteiger partial charge in [0.2, 0.25) is 0 Å². The van der Waals surface area contributed by atoms with Gasteiger partial charge in [-0.3, -0.25) is 0 Å². The van der Waals surface area contributed by atoms with E-state index in [4.69, 9.17) is 0 Å². The van der Waals surface area contributed by atoms with Crippen molar-refractivity contribution in [1.82, 2.24) is 0 Å². The molecule has 1 aliphatic rings. The third-order valence-corrected chi connectivity index (χ3v) is 6.55. The lowest BCUT2D eigenvalue weighted by molar-refractivity contribution is 0.0693. The van der Waals surface area contributed by atoms with Crippen molar-refractivity contribution in [3.05, 3.63) is 58.1 Å². The third-order valence-electron chi connectivity index (χ3n) is 3.31. The van der Waals surface area contributed by atoms with E-state index in [0.29, 0.717) is 10.8 Å². The molecule has 0 radical (unpaired) electrons. The Bertz CT molecular complexity index is 663. The maximum absolute atomic E-state index is 11.3. The predicted molar refractivity (Wildman–Crippen MR) is 91.6 cm³/mol. The molecule has 1 N–H and O–H groups in total. The minimum absolute atomic E-state index is 0.378. The van der Waals surface area contributed by atoms with Crippen LogP contribution in [0.25, 0.3) is 0 Å². The highest BCUT2D eigenvalue weighted by Gasteiger charge is 2.22. The maximum Gasteiger partial charge on any atom is 0.336 e. The van der Waals surface area contributed by atoms with Gasteiger partial charge in [-0.1, -0.05) is 34.1 Å². The molecule has 21 heavy (non-hydrogen) atoms. The van der Waals surface area contributed by atoms with Crippen LogP contribution in [-0.2, 0) is 6.42 Å². The fourth-order valence-corrected chi connectivity index (χ4v) is 5.40. The van der Waals surface area contributed by atoms with Gasteiger partial charge in [0.25, 0.3) is 0 Å². The van der Waals surface area contributed by atoms with Gasteiger partial charge in [-0.15, -0.1) is 23.5 Å². The zero-order chi connectivity index (χ0) is 14.8. The summed E-state index contributed by atoms with van der Waals surface area (Å²) in [5.74, 6) is 0.0446. The summed E-state index contributed by atoms with van der Waals surface area (Å²) < 4.78 is 0.914. The zero-order valence-corrected chi connectivity index (χ0v) is 14.3. The van der Waals surface area contributed by atoms with Crippen LogP contribution in [0.3, 0.4) is 0 Å². The summed E-state index contributed by atoms with van der Waals surface area (Å²) in [5.41, 5.74) is 1.78. The van der Waals surface area contributed by atoms with Crippen LogP contribution in [0.1, 0.15) is 15.9 Å². The van der Waals surface area contributed by atoms with Crippen molar-refractivity contribution in [2.75, 3.05) is 5.75 Å². The van der Waals surface area contributed by atoms with E-state index in [1.165, 1.54) is 10.5 Å². The first-order valence-corrected chi connectivity index (χ1v) is 9.19. The Labute approximate surface area is 140 Å². The van der Waals surface area contributed by atoms with E-state index in [9.17, 15) is 9.90 Å². The predicted octanol–water partition coefficient (Wildman–Crippen LogP) is 4.96. The van der Waals surface area contributed by atoms with Gasteiger partial charge < -0.3 is 5.11 Å². The first kappa shape index (κ1) is 15.0. The molecule has 2 nitrogen and oxygen atoms in total. The molecule has 1 aliphatic heterocycles. The summed E-state index contributed by atoms with van der Waals surface area (Å²) >= 11 is 6.93. The van der Waals surface area contributed by atoms with Crippen molar-refractivity contribution in [3.8, 4) is 0 Å². The van der Waals surface area contributed by atoms with Crippen molar-refractivity contribution in [2.24, 2.45) is 0 Å². The van der Waals surface area contributed by atoms with Gasteiger partial charge in [0, 0.05) is 25.3 Å². The second-order valence-electron chi connectivity index (χ2n) is 4.81. The molecule has 0 spiro atoms. The van der Waals surface area contributed by atoms with Gasteiger partial charge in [-0.2, -0.15) is 0 Å². The Morgan fingerprint density at radius 2 is 2.14 bits per heavy atom. The van der Waals surface area contributed by atoms with Crippen molar-refractivity contribution < 1.29 is 9.90 Å². The number of hydrogen-bond donors (Lipinski definition) is 1. The molecule has 0 aromatic heterocycles. The molecule has 0 saturated heterocycles. The molecular weight excluding hydrogens is 368 g/mol. The van der Waals surface area contributed by atoms with Crippen LogP contribution >= 0.6 is 39.5 Å². The van der Waals surface area contributed by atoms with E-state index in [2.05, 4.69) is 40.2 Å². The average Bonchev–Trinajstić information content (AvgIpc) is 2.87. The fraction of sp³-hybridized carbons (Fsp3) is 0.188. The lowest BCUT2D eigenvalue weighted by Crippen LogP contribution is -2.05. The van der Waals surface area contributed by atoms with E-state index in [1.54, 1.807) is 23.9 Å². The number of rotatable bonds is 4. The highest BCUT2D eigenvalue weighted by molar-refractivity contribution is 9.10. The SMILES string of the molecule is O=C(O)c1ccc(Br)cc1SCC1Cc2ccccc2S1. The topological polar surface area (TPSA) is 37.3 Å². The first-order chi connectivity index (χ1) is 10.1. The average molecular weight is 381 g/mol. The van der Waals surface area contributed by atoms with Crippen molar-refractivity contribution in [2.45, 2.75) is 21.5 Å². The Morgan fingerprint density at radius 3 is 2.90 bits per heavy atom. The van der Waals surface area contributed by atoms with Crippen LogP contribution in [-0.4, -0.2) is 22.1 Å². The number of thioether (sulfide) groups is 2. The Hall–Kier alpha value is -0.910. The van der Waals surface area contributed by atoms with E-state index in [0.717, 1.165) is 21.5 Å². The fourth-order valence-electron chi connectivity index (χ4n) is 2.32. The molecule has 0 amide bonds. The quantitative estimate of drug-likeness (QED) is 0.760. The van der Waals surface area contributed by atoms with Crippen LogP contribution in [0.4, 0.5) is 0 Å². The van der Waals surface area contributed by atoms with Crippen molar-refractivity contribution in [1.29, 1.82) is 0 Å². The second kappa shape index (κ2) is 6.46. The lowest BCUT2D eigenvalue weighted by Gasteiger charge is -2.10. The molecule has 2 aromatic carbocycles. The van der Waals surface area contributed by atoms with Crippen LogP contribution in [0, 0.1) is 0 Å². The van der Waals surface area contributed by atoms with Gasteiger partial charge in [-0.25, -0.2) is 4.79 Å². The molecule has 0 bridgehead atoms. The zero-order valence-electron chi connectivity index (χ0n) is 11.1. The number of carboxylic acid groups (broad SMARTS) is 1. The molecule has 1 heterocycles. The number of carbonyl (C=O) groups is 1. The molecule has 0 fully saturated rings. The van der Waals surface area contributed by atoms with Crippen LogP contribution in [0.15, 0.2) is 56.7 Å². The van der Waals surface area contributed by atoms with E-state index >= 15 is 0 Å². The summed E-state index contributed by atoms with van der Waals surface area (Å²) in [4.78, 5) is 13.5. The highest BCUT2D eigenvalue weighted by Crippen LogP contribution is 2.39. The van der Waals surface area contributed by atoms with Crippen molar-refractivity contribution in [3.63, 3.8) is 0 Å². The normalized spacial score (nSPS) is 16.7. The van der Waals surface area contributed by atoms with Gasteiger partial charge in [0.15, 0.2) is 0 Å². The van der Waals surface area contributed by atoms with Crippen molar-refractivity contribution >= 4 is 45.4 Å². The first-order valence-electron chi connectivity index (χ1n) is 6.53. The van der Waals surface area contributed by atoms with Gasteiger partial charge in [-0.05, 0) is 36.2 Å². The number of benzene rings is 2. The molecule has 108 valence electrons. The second-order valence-corrected chi connectivity index (χ2v) is 8.13. The summed E-state index contributed by atoms with van der Waals surface area (Å²) in [6, 6.07) is 13.8. The lowest BCUT2D eigenvalue weighted by atomic mass is 10.1. The summed E-state index contributed by atoms with van der Waals surface area (Å²) in [7, 11) is 0. The number of hydrogen-bond acceptors (Lipinski definition) is 3. The van der Waals surface area contributed by atoms with Gasteiger partial charge >= 0.3 is 5.97 Å². The summed E-state index contributed by atoms with van der Waals surface area (Å²) in [5, 5.41) is 9.76. The summed E-state index contributed by atoms with van der Waals surface area (Å²) in [6.07, 6.45) is 1.06. The molecule has 2 aromatic rings. The molecule has 3 rings (SSSR count). The minimum atomic E-state index is -0.868. The van der Waals surface area contributed by atoms with E-state index in [-0.39, 0.29) is 0 Å². The number of halogens is 1. The molecule has 5 heteroatoms. The summed E-state index contributed by atoms with van der Waals surface area (Å²) in [6.45, 7) is 0. The highest BCUT2D eigenvalue weighted by atomic mass is 79.9. The number of carboxylic acids is 1. The Kier molecular flexibility index (Phi) is 4.62. The van der Waals surface area contributed by atoms with E-state index in [1.807, 2.05) is 17.8 Å². The Balaban J connectivity index is 1.69. The largest absolute Gasteiger partial charge is 0.478 e. The molecular formula is C16H13BrO2S2. The Morgan fingerprint density at radius 1 is 1.33 bits per heavy atom. The van der Waals surface area contributed by atoms with Crippen LogP contribution in [0.2, 0.25) is 0 Å². The molecule has 0 aliphatic carbocycles.